The topological polar surface area (TPSA) is 60.8 Å². The molecule has 0 amide bonds. The maximum Gasteiger partial charge on any atom is 0.317 e. The van der Waals surface area contributed by atoms with Gasteiger partial charge < -0.3 is 10.2 Å². The van der Waals surface area contributed by atoms with E-state index in [9.17, 15) is 9.90 Å². The molecule has 1 rings (SSSR count). The highest BCUT2D eigenvalue weighted by Gasteiger charge is 2.12. The molecule has 0 spiro atoms. The standard InChI is InChI=1S/C12H16ClNO3/c1-2-5-14(8-12(16)17)7-9-6-10(13)3-4-11(9)15/h3-4,6,15H,2,5,7-8H2,1H3,(H,16,17). The number of halogens is 1. The Hall–Kier alpha value is -1.26. The number of aliphatic carboxylic acids is 1. The van der Waals surface area contributed by atoms with Gasteiger partial charge in [-0.25, -0.2) is 0 Å². The molecule has 0 atom stereocenters. The van der Waals surface area contributed by atoms with Gasteiger partial charge in [0.2, 0.25) is 0 Å². The molecule has 0 aliphatic rings. The summed E-state index contributed by atoms with van der Waals surface area (Å²) in [6.45, 7) is 2.98. The summed E-state index contributed by atoms with van der Waals surface area (Å²) in [4.78, 5) is 12.5. The Kier molecular flexibility index (Phi) is 5.25. The molecule has 0 bridgehead atoms. The molecule has 0 fully saturated rings. The van der Waals surface area contributed by atoms with Crippen molar-refractivity contribution in [3.8, 4) is 5.75 Å². The van der Waals surface area contributed by atoms with Gasteiger partial charge in [-0.15, -0.1) is 0 Å². The third kappa shape index (κ3) is 4.63. The lowest BCUT2D eigenvalue weighted by Gasteiger charge is -2.20. The fourth-order valence-corrected chi connectivity index (χ4v) is 1.84. The normalized spacial score (nSPS) is 10.8. The number of carboxylic acid groups (broad SMARTS) is 1. The minimum Gasteiger partial charge on any atom is -0.508 e. The number of hydrogen-bond donors (Lipinski definition) is 2. The molecule has 0 heterocycles. The van der Waals surface area contributed by atoms with Crippen LogP contribution in [-0.2, 0) is 11.3 Å². The number of carbonyl (C=O) groups is 1. The van der Waals surface area contributed by atoms with Crippen molar-refractivity contribution < 1.29 is 15.0 Å². The Balaban J connectivity index is 2.77. The van der Waals surface area contributed by atoms with Gasteiger partial charge in [0.05, 0.1) is 6.54 Å². The monoisotopic (exact) mass is 257 g/mol. The van der Waals surface area contributed by atoms with Crippen LogP contribution in [0.5, 0.6) is 5.75 Å². The summed E-state index contributed by atoms with van der Waals surface area (Å²) < 4.78 is 0. The molecule has 2 N–H and O–H groups in total. The number of phenols is 1. The van der Waals surface area contributed by atoms with Crippen molar-refractivity contribution in [3.63, 3.8) is 0 Å². The van der Waals surface area contributed by atoms with Crippen molar-refractivity contribution in [1.29, 1.82) is 0 Å². The van der Waals surface area contributed by atoms with E-state index in [1.54, 1.807) is 17.0 Å². The van der Waals surface area contributed by atoms with Crippen molar-refractivity contribution in [2.75, 3.05) is 13.1 Å². The number of phenolic OH excluding ortho intramolecular Hbond substituents is 1. The third-order valence-corrected chi connectivity index (χ3v) is 2.57. The lowest BCUT2D eigenvalue weighted by Crippen LogP contribution is -2.30. The Morgan fingerprint density at radius 3 is 2.76 bits per heavy atom. The molecule has 0 aliphatic heterocycles. The maximum atomic E-state index is 10.7. The number of hydrogen-bond acceptors (Lipinski definition) is 3. The first-order chi connectivity index (χ1) is 8.02. The average molecular weight is 258 g/mol. The highest BCUT2D eigenvalue weighted by atomic mass is 35.5. The van der Waals surface area contributed by atoms with E-state index in [1.165, 1.54) is 6.07 Å². The van der Waals surface area contributed by atoms with Gasteiger partial charge in [-0.3, -0.25) is 9.69 Å². The minimum absolute atomic E-state index is 0.0419. The Bertz CT molecular complexity index is 395. The van der Waals surface area contributed by atoms with Gasteiger partial charge in [-0.2, -0.15) is 0 Å². The van der Waals surface area contributed by atoms with Crippen molar-refractivity contribution in [1.82, 2.24) is 4.90 Å². The third-order valence-electron chi connectivity index (χ3n) is 2.33. The minimum atomic E-state index is -0.875. The smallest absolute Gasteiger partial charge is 0.317 e. The van der Waals surface area contributed by atoms with E-state index in [-0.39, 0.29) is 12.3 Å². The fraction of sp³-hybridized carbons (Fsp3) is 0.417. The molecule has 0 unspecified atom stereocenters. The van der Waals surface area contributed by atoms with Gasteiger partial charge in [0, 0.05) is 17.1 Å². The average Bonchev–Trinajstić information content (AvgIpc) is 2.23. The second kappa shape index (κ2) is 6.47. The molecule has 0 aromatic heterocycles. The molecular weight excluding hydrogens is 242 g/mol. The van der Waals surface area contributed by atoms with Crippen molar-refractivity contribution in [2.45, 2.75) is 19.9 Å². The summed E-state index contributed by atoms with van der Waals surface area (Å²) in [7, 11) is 0. The van der Waals surface area contributed by atoms with Gasteiger partial charge in [0.15, 0.2) is 0 Å². The van der Waals surface area contributed by atoms with Crippen LogP contribution < -0.4 is 0 Å². The number of aromatic hydroxyl groups is 1. The number of rotatable bonds is 6. The maximum absolute atomic E-state index is 10.7. The number of nitrogens with zero attached hydrogens (tertiary/aromatic N) is 1. The predicted octanol–water partition coefficient (Wildman–Crippen LogP) is 2.34. The van der Waals surface area contributed by atoms with Crippen LogP contribution in [0.4, 0.5) is 0 Å². The fourth-order valence-electron chi connectivity index (χ4n) is 1.64. The molecule has 0 radical (unpaired) electrons. The molecule has 0 aliphatic carbocycles. The Labute approximate surface area is 105 Å². The van der Waals surface area contributed by atoms with E-state index >= 15 is 0 Å². The zero-order valence-electron chi connectivity index (χ0n) is 9.69. The van der Waals surface area contributed by atoms with E-state index < -0.39 is 5.97 Å². The predicted molar refractivity (Wildman–Crippen MR) is 66.3 cm³/mol. The van der Waals surface area contributed by atoms with Crippen LogP contribution in [0.25, 0.3) is 0 Å². The summed E-state index contributed by atoms with van der Waals surface area (Å²) in [5.41, 5.74) is 0.646. The van der Waals surface area contributed by atoms with Crippen LogP contribution in [0.15, 0.2) is 18.2 Å². The summed E-state index contributed by atoms with van der Waals surface area (Å²) in [5.74, 6) is -0.735. The van der Waals surface area contributed by atoms with Crippen LogP contribution in [0, 0.1) is 0 Å². The summed E-state index contributed by atoms with van der Waals surface area (Å²) >= 11 is 5.84. The quantitative estimate of drug-likeness (QED) is 0.821. The highest BCUT2D eigenvalue weighted by molar-refractivity contribution is 6.30. The van der Waals surface area contributed by atoms with Crippen LogP contribution >= 0.6 is 11.6 Å². The van der Waals surface area contributed by atoms with E-state index in [4.69, 9.17) is 16.7 Å². The van der Waals surface area contributed by atoms with Crippen molar-refractivity contribution in [2.24, 2.45) is 0 Å². The van der Waals surface area contributed by atoms with Crippen LogP contribution in [-0.4, -0.2) is 34.2 Å². The first-order valence-corrected chi connectivity index (χ1v) is 5.82. The van der Waals surface area contributed by atoms with Gasteiger partial charge >= 0.3 is 5.97 Å². The van der Waals surface area contributed by atoms with Gasteiger partial charge in [0.1, 0.15) is 5.75 Å². The van der Waals surface area contributed by atoms with E-state index in [2.05, 4.69) is 0 Å². The molecule has 1 aromatic rings. The first kappa shape index (κ1) is 13.8. The molecule has 0 saturated carbocycles. The summed E-state index contributed by atoms with van der Waals surface area (Å²) in [6, 6.07) is 4.77. The van der Waals surface area contributed by atoms with Crippen molar-refractivity contribution >= 4 is 17.6 Å². The highest BCUT2D eigenvalue weighted by Crippen LogP contribution is 2.22. The van der Waals surface area contributed by atoms with Crippen LogP contribution in [0.3, 0.4) is 0 Å². The van der Waals surface area contributed by atoms with E-state index in [0.717, 1.165) is 6.42 Å². The second-order valence-corrected chi connectivity index (χ2v) is 4.31. The summed E-state index contributed by atoms with van der Waals surface area (Å²) in [6.07, 6.45) is 0.856. The number of benzene rings is 1. The van der Waals surface area contributed by atoms with Gasteiger partial charge in [0.25, 0.3) is 0 Å². The molecule has 94 valence electrons. The SMILES string of the molecule is CCCN(CC(=O)O)Cc1cc(Cl)ccc1O. The molecular formula is C12H16ClNO3. The van der Waals surface area contributed by atoms with E-state index in [0.29, 0.717) is 23.7 Å². The zero-order valence-corrected chi connectivity index (χ0v) is 10.4. The molecule has 17 heavy (non-hydrogen) atoms. The van der Waals surface area contributed by atoms with Gasteiger partial charge in [-0.05, 0) is 31.2 Å². The lowest BCUT2D eigenvalue weighted by atomic mass is 10.2. The van der Waals surface area contributed by atoms with Gasteiger partial charge in [-0.1, -0.05) is 18.5 Å². The Morgan fingerprint density at radius 2 is 2.18 bits per heavy atom. The van der Waals surface area contributed by atoms with Crippen molar-refractivity contribution in [3.05, 3.63) is 28.8 Å². The lowest BCUT2D eigenvalue weighted by molar-refractivity contribution is -0.138. The Morgan fingerprint density at radius 1 is 1.47 bits per heavy atom. The summed E-state index contributed by atoms with van der Waals surface area (Å²) in [5, 5.41) is 19.0. The molecule has 0 saturated heterocycles. The molecule has 4 nitrogen and oxygen atoms in total. The largest absolute Gasteiger partial charge is 0.508 e. The number of carboxylic acids is 1. The van der Waals surface area contributed by atoms with E-state index in [1.807, 2.05) is 6.92 Å². The van der Waals surface area contributed by atoms with Crippen LogP contribution in [0.2, 0.25) is 5.02 Å². The second-order valence-electron chi connectivity index (χ2n) is 3.88. The molecule has 1 aromatic carbocycles. The first-order valence-electron chi connectivity index (χ1n) is 5.44. The molecule has 5 heteroatoms. The zero-order chi connectivity index (χ0) is 12.8. The van der Waals surface area contributed by atoms with Crippen LogP contribution in [0.1, 0.15) is 18.9 Å².